The highest BCUT2D eigenvalue weighted by Crippen LogP contribution is 2.39. The van der Waals surface area contributed by atoms with Crippen molar-refractivity contribution in [3.05, 3.63) is 53.1 Å². The molecule has 1 fully saturated rings. The van der Waals surface area contributed by atoms with Crippen LogP contribution in [0.2, 0.25) is 0 Å². The lowest BCUT2D eigenvalue weighted by molar-refractivity contribution is -0.149. The minimum atomic E-state index is -4.74. The molecule has 0 aliphatic carbocycles. The molecular weight excluding hydrogens is 485 g/mol. The molecule has 1 saturated heterocycles. The standard InChI is InChI=1S/C23H22F5N7O/c1-12-19(13(2)33-32-12)15-8-30-35(9-15)22(4-5-29)10-34(11-22)18-7-16(24)6-17(20(18)25)21(36)31-14(3)23(26,27)28/h6-9,14H,4,10-11H2,1-3H3,(H,31,36)(H,32,33)/t14-/m0/s1. The number of benzene rings is 1. The van der Waals surface area contributed by atoms with Crippen LogP contribution in [0.15, 0.2) is 24.5 Å². The summed E-state index contributed by atoms with van der Waals surface area (Å²) in [5.74, 6) is -3.52. The van der Waals surface area contributed by atoms with Crippen molar-refractivity contribution in [3.8, 4) is 17.2 Å². The maximum atomic E-state index is 15.2. The highest BCUT2D eigenvalue weighted by Gasteiger charge is 2.47. The number of hydrogen-bond donors (Lipinski definition) is 2. The number of H-pyrrole nitrogens is 1. The second-order valence-corrected chi connectivity index (χ2v) is 8.92. The van der Waals surface area contributed by atoms with Crippen molar-refractivity contribution in [1.82, 2.24) is 25.3 Å². The number of nitrogens with zero attached hydrogens (tertiary/aromatic N) is 5. The first-order chi connectivity index (χ1) is 16.9. The van der Waals surface area contributed by atoms with Crippen LogP contribution in [0.1, 0.15) is 35.1 Å². The van der Waals surface area contributed by atoms with Gasteiger partial charge in [-0.15, -0.1) is 0 Å². The van der Waals surface area contributed by atoms with Gasteiger partial charge >= 0.3 is 6.18 Å². The van der Waals surface area contributed by atoms with E-state index in [1.54, 1.807) is 22.4 Å². The summed E-state index contributed by atoms with van der Waals surface area (Å²) in [4.78, 5) is 13.7. The monoisotopic (exact) mass is 507 g/mol. The third-order valence-corrected chi connectivity index (χ3v) is 6.31. The molecule has 0 unspecified atom stereocenters. The lowest BCUT2D eigenvalue weighted by atomic mass is 9.86. The lowest BCUT2D eigenvalue weighted by Gasteiger charge is -2.50. The van der Waals surface area contributed by atoms with Crippen molar-refractivity contribution < 1.29 is 26.7 Å². The largest absolute Gasteiger partial charge is 0.408 e. The maximum Gasteiger partial charge on any atom is 0.408 e. The number of carbonyl (C=O) groups is 1. The number of alkyl halides is 3. The molecule has 2 N–H and O–H groups in total. The van der Waals surface area contributed by atoms with Crippen molar-refractivity contribution in [1.29, 1.82) is 5.26 Å². The Morgan fingerprint density at radius 1 is 1.31 bits per heavy atom. The zero-order valence-electron chi connectivity index (χ0n) is 19.5. The van der Waals surface area contributed by atoms with Gasteiger partial charge in [-0.3, -0.25) is 14.6 Å². The van der Waals surface area contributed by atoms with Gasteiger partial charge in [-0.1, -0.05) is 0 Å². The van der Waals surface area contributed by atoms with Crippen LogP contribution in [0, 0.1) is 36.8 Å². The Bertz CT molecular complexity index is 1330. The van der Waals surface area contributed by atoms with Crippen molar-refractivity contribution in [2.75, 3.05) is 18.0 Å². The summed E-state index contributed by atoms with van der Waals surface area (Å²) in [6, 6.07) is 1.26. The highest BCUT2D eigenvalue weighted by atomic mass is 19.4. The quantitative estimate of drug-likeness (QED) is 0.492. The van der Waals surface area contributed by atoms with Gasteiger partial charge in [0.05, 0.1) is 35.6 Å². The topological polar surface area (TPSA) is 103 Å². The van der Waals surface area contributed by atoms with Crippen molar-refractivity contribution >= 4 is 11.6 Å². The predicted octanol–water partition coefficient (Wildman–Crippen LogP) is 3.98. The number of carbonyl (C=O) groups excluding carboxylic acids is 1. The van der Waals surface area contributed by atoms with Gasteiger partial charge in [0.15, 0.2) is 5.82 Å². The number of rotatable bonds is 6. The third-order valence-electron chi connectivity index (χ3n) is 6.31. The molecule has 1 aromatic carbocycles. The van der Waals surface area contributed by atoms with E-state index in [4.69, 9.17) is 0 Å². The summed E-state index contributed by atoms with van der Waals surface area (Å²) < 4.78 is 69.5. The van der Waals surface area contributed by atoms with Gasteiger partial charge < -0.3 is 10.2 Å². The van der Waals surface area contributed by atoms with Crippen LogP contribution >= 0.6 is 0 Å². The third kappa shape index (κ3) is 4.38. The van der Waals surface area contributed by atoms with Crippen LogP contribution in [-0.2, 0) is 5.54 Å². The fourth-order valence-electron chi connectivity index (χ4n) is 4.33. The van der Waals surface area contributed by atoms with Gasteiger partial charge in [0.1, 0.15) is 17.4 Å². The molecule has 0 radical (unpaired) electrons. The number of nitrogens with one attached hydrogen (secondary N) is 2. The molecule has 4 rings (SSSR count). The van der Waals surface area contributed by atoms with Crippen LogP contribution in [0.4, 0.5) is 27.6 Å². The lowest BCUT2D eigenvalue weighted by Crippen LogP contribution is -2.63. The molecule has 1 atom stereocenters. The number of hydrogen-bond acceptors (Lipinski definition) is 5. The second-order valence-electron chi connectivity index (χ2n) is 8.92. The van der Waals surface area contributed by atoms with E-state index >= 15 is 4.39 Å². The summed E-state index contributed by atoms with van der Waals surface area (Å²) in [5.41, 5.74) is 1.25. The Labute approximate surface area is 202 Å². The maximum absolute atomic E-state index is 15.2. The molecule has 8 nitrogen and oxygen atoms in total. The molecule has 190 valence electrons. The molecule has 0 bridgehead atoms. The first-order valence-corrected chi connectivity index (χ1v) is 10.9. The number of anilines is 1. The number of halogens is 5. The molecule has 1 amide bonds. The van der Waals surface area contributed by atoms with Crippen LogP contribution < -0.4 is 10.2 Å². The molecule has 0 saturated carbocycles. The van der Waals surface area contributed by atoms with E-state index in [0.29, 0.717) is 13.0 Å². The van der Waals surface area contributed by atoms with E-state index in [1.807, 2.05) is 13.8 Å². The summed E-state index contributed by atoms with van der Waals surface area (Å²) in [6.45, 7) is 4.52. The zero-order valence-corrected chi connectivity index (χ0v) is 19.5. The average molecular weight is 507 g/mol. The molecular formula is C23H22F5N7O. The number of aromatic nitrogens is 4. The first kappa shape index (κ1) is 25.2. The molecule has 1 aliphatic heterocycles. The van der Waals surface area contributed by atoms with Crippen LogP contribution in [-0.4, -0.2) is 51.2 Å². The molecule has 13 heteroatoms. The van der Waals surface area contributed by atoms with E-state index in [1.165, 1.54) is 4.90 Å². The number of amides is 1. The minimum absolute atomic E-state index is 0.0152. The van der Waals surface area contributed by atoms with Crippen molar-refractivity contribution in [3.63, 3.8) is 0 Å². The van der Waals surface area contributed by atoms with Crippen molar-refractivity contribution in [2.45, 2.75) is 44.9 Å². The van der Waals surface area contributed by atoms with Crippen molar-refractivity contribution in [2.24, 2.45) is 0 Å². The first-order valence-electron chi connectivity index (χ1n) is 10.9. The molecule has 3 aromatic rings. The Balaban J connectivity index is 1.60. The Kier molecular flexibility index (Phi) is 6.24. The van der Waals surface area contributed by atoms with Gasteiger partial charge in [-0.2, -0.15) is 28.6 Å². The smallest absolute Gasteiger partial charge is 0.364 e. The highest BCUT2D eigenvalue weighted by molar-refractivity contribution is 5.96. The summed E-state index contributed by atoms with van der Waals surface area (Å²) in [5, 5.41) is 22.5. The molecule has 2 aromatic heterocycles. The fraction of sp³-hybridized carbons (Fsp3) is 0.391. The molecule has 3 heterocycles. The summed E-state index contributed by atoms with van der Waals surface area (Å²) >= 11 is 0. The number of nitriles is 1. The second kappa shape index (κ2) is 8.92. The van der Waals surface area contributed by atoms with Gasteiger partial charge in [0.25, 0.3) is 5.91 Å². The van der Waals surface area contributed by atoms with E-state index in [2.05, 4.69) is 21.4 Å². The Morgan fingerprint density at radius 2 is 2.00 bits per heavy atom. The Morgan fingerprint density at radius 3 is 2.58 bits per heavy atom. The van der Waals surface area contributed by atoms with E-state index < -0.39 is 40.9 Å². The van der Waals surface area contributed by atoms with Crippen LogP contribution in [0.5, 0.6) is 0 Å². The SMILES string of the molecule is Cc1n[nH]c(C)c1-c1cnn(C2(CC#N)CN(c3cc(F)cc(C(=O)N[C@@H](C)C(F)(F)F)c3F)C2)c1. The van der Waals surface area contributed by atoms with Crippen LogP contribution in [0.3, 0.4) is 0 Å². The zero-order chi connectivity index (χ0) is 26.4. The number of aromatic amines is 1. The summed E-state index contributed by atoms with van der Waals surface area (Å²) in [7, 11) is 0. The number of aryl methyl sites for hydroxylation is 2. The van der Waals surface area contributed by atoms with Gasteiger partial charge in [-0.25, -0.2) is 8.78 Å². The minimum Gasteiger partial charge on any atom is -0.364 e. The van der Waals surface area contributed by atoms with Gasteiger partial charge in [0, 0.05) is 42.2 Å². The summed E-state index contributed by atoms with van der Waals surface area (Å²) in [6.07, 6.45) is -1.35. The fourth-order valence-corrected chi connectivity index (χ4v) is 4.33. The van der Waals surface area contributed by atoms with Gasteiger partial charge in [-0.05, 0) is 26.8 Å². The average Bonchev–Trinajstić information content (AvgIpc) is 3.37. The molecule has 36 heavy (non-hydrogen) atoms. The predicted molar refractivity (Wildman–Crippen MR) is 119 cm³/mol. The Hall–Kier alpha value is -3.95. The van der Waals surface area contributed by atoms with E-state index in [-0.39, 0.29) is 25.2 Å². The van der Waals surface area contributed by atoms with E-state index in [9.17, 15) is 27.6 Å². The molecule has 0 spiro atoms. The van der Waals surface area contributed by atoms with Gasteiger partial charge in [0.2, 0.25) is 0 Å². The van der Waals surface area contributed by atoms with Crippen LogP contribution in [0.25, 0.3) is 11.1 Å². The molecule has 1 aliphatic rings. The normalized spacial score (nSPS) is 15.8. The van der Waals surface area contributed by atoms with E-state index in [0.717, 1.165) is 28.6 Å².